The Morgan fingerprint density at radius 3 is 1.36 bits per heavy atom. The van der Waals surface area contributed by atoms with Crippen LogP contribution in [0, 0.1) is 0 Å². The van der Waals surface area contributed by atoms with Crippen molar-refractivity contribution in [2.45, 2.75) is 24.9 Å². The summed E-state index contributed by atoms with van der Waals surface area (Å²) in [6, 6.07) is 8.96. The van der Waals surface area contributed by atoms with Crippen LogP contribution in [0.25, 0.3) is 0 Å². The number of fused-ring (bicyclic) bond motifs is 6. The number of hydrogen-bond acceptors (Lipinski definition) is 5. The molecule has 0 fully saturated rings. The molecule has 5 nitrogen and oxygen atoms in total. The average Bonchev–Trinajstić information content (AvgIpc) is 2.66. The highest BCUT2D eigenvalue weighted by Crippen LogP contribution is 2.46. The highest BCUT2D eigenvalue weighted by atomic mass is 16.5. The molecule has 0 amide bonds. The summed E-state index contributed by atoms with van der Waals surface area (Å²) in [6.45, 7) is 0. The topological polar surface area (TPSA) is 49.0 Å². The molecule has 0 saturated heterocycles. The second kappa shape index (κ2) is 6.15. The minimum atomic E-state index is 0.263. The van der Waals surface area contributed by atoms with Gasteiger partial charge in [0.2, 0.25) is 0 Å². The molecular formula is C20H23NO4. The summed E-state index contributed by atoms with van der Waals surface area (Å²) >= 11 is 0. The maximum atomic E-state index is 5.49. The van der Waals surface area contributed by atoms with Crippen molar-refractivity contribution < 1.29 is 18.9 Å². The van der Waals surface area contributed by atoms with Gasteiger partial charge in [-0.15, -0.1) is 0 Å². The Labute approximate surface area is 147 Å². The molecular weight excluding hydrogens is 318 g/mol. The van der Waals surface area contributed by atoms with Gasteiger partial charge in [-0.25, -0.2) is 0 Å². The molecule has 0 unspecified atom stereocenters. The zero-order valence-corrected chi connectivity index (χ0v) is 15.0. The second-order valence-corrected chi connectivity index (χ2v) is 6.49. The fraction of sp³-hybridized carbons (Fsp3) is 0.400. The normalized spacial score (nSPS) is 20.3. The maximum absolute atomic E-state index is 5.49. The van der Waals surface area contributed by atoms with E-state index in [-0.39, 0.29) is 12.1 Å². The van der Waals surface area contributed by atoms with Gasteiger partial charge >= 0.3 is 0 Å². The van der Waals surface area contributed by atoms with E-state index in [1.165, 1.54) is 22.3 Å². The van der Waals surface area contributed by atoms with Crippen LogP contribution < -0.4 is 24.3 Å². The van der Waals surface area contributed by atoms with Crippen LogP contribution in [0.15, 0.2) is 24.3 Å². The zero-order chi connectivity index (χ0) is 17.6. The fourth-order valence-electron chi connectivity index (χ4n) is 4.08. The molecule has 25 heavy (non-hydrogen) atoms. The monoisotopic (exact) mass is 341 g/mol. The van der Waals surface area contributed by atoms with E-state index < -0.39 is 0 Å². The molecule has 0 aliphatic carbocycles. The quantitative estimate of drug-likeness (QED) is 0.925. The van der Waals surface area contributed by atoms with Crippen molar-refractivity contribution in [2.24, 2.45) is 0 Å². The molecule has 2 heterocycles. The van der Waals surface area contributed by atoms with E-state index >= 15 is 0 Å². The largest absolute Gasteiger partial charge is 0.493 e. The van der Waals surface area contributed by atoms with Gasteiger partial charge in [0, 0.05) is 12.1 Å². The predicted molar refractivity (Wildman–Crippen MR) is 95.1 cm³/mol. The molecule has 0 radical (unpaired) electrons. The van der Waals surface area contributed by atoms with Gasteiger partial charge in [-0.05, 0) is 59.4 Å². The summed E-state index contributed by atoms with van der Waals surface area (Å²) in [6.07, 6.45) is 1.82. The zero-order valence-electron chi connectivity index (χ0n) is 15.0. The number of ether oxygens (including phenoxy) is 4. The third kappa shape index (κ3) is 2.50. The summed E-state index contributed by atoms with van der Waals surface area (Å²) < 4.78 is 21.9. The van der Waals surface area contributed by atoms with Gasteiger partial charge in [-0.3, -0.25) is 0 Å². The Balaban J connectivity index is 1.79. The molecule has 132 valence electrons. The van der Waals surface area contributed by atoms with Crippen molar-refractivity contribution in [1.29, 1.82) is 0 Å². The number of nitrogens with one attached hydrogen (secondary N) is 1. The molecule has 2 aromatic rings. The van der Waals surface area contributed by atoms with Gasteiger partial charge in [0.25, 0.3) is 0 Å². The van der Waals surface area contributed by atoms with Gasteiger partial charge in [0.15, 0.2) is 23.0 Å². The van der Waals surface area contributed by atoms with Crippen molar-refractivity contribution in [3.8, 4) is 23.0 Å². The van der Waals surface area contributed by atoms with Crippen LogP contribution in [0.4, 0.5) is 0 Å². The maximum Gasteiger partial charge on any atom is 0.161 e. The Hall–Kier alpha value is -2.40. The lowest BCUT2D eigenvalue weighted by molar-refractivity contribution is 0.338. The molecule has 0 saturated carbocycles. The number of benzene rings is 2. The van der Waals surface area contributed by atoms with Gasteiger partial charge in [0.05, 0.1) is 28.4 Å². The molecule has 2 bridgehead atoms. The summed E-state index contributed by atoms with van der Waals surface area (Å²) in [5.74, 6) is 3.13. The lowest BCUT2D eigenvalue weighted by atomic mass is 9.78. The Morgan fingerprint density at radius 1 is 0.640 bits per heavy atom. The molecule has 5 heteroatoms. The third-order valence-corrected chi connectivity index (χ3v) is 5.29. The molecule has 1 N–H and O–H groups in total. The van der Waals surface area contributed by atoms with Crippen LogP contribution in [0.1, 0.15) is 34.3 Å². The Bertz CT molecular complexity index is 750. The number of methoxy groups -OCH3 is 4. The van der Waals surface area contributed by atoms with Crippen LogP contribution in [0.5, 0.6) is 23.0 Å². The van der Waals surface area contributed by atoms with E-state index in [1.807, 2.05) is 0 Å². The SMILES string of the molecule is COc1cc2c(cc1OC)[C@@H]1Cc3cc(OC)c(OC)cc3[C@@H](C2)N1. The third-order valence-electron chi connectivity index (χ3n) is 5.29. The van der Waals surface area contributed by atoms with Crippen molar-refractivity contribution in [3.05, 3.63) is 46.5 Å². The van der Waals surface area contributed by atoms with E-state index in [4.69, 9.17) is 18.9 Å². The van der Waals surface area contributed by atoms with Crippen LogP contribution >= 0.6 is 0 Å². The van der Waals surface area contributed by atoms with Crippen LogP contribution in [-0.4, -0.2) is 28.4 Å². The molecule has 2 aliphatic rings. The summed E-state index contributed by atoms with van der Waals surface area (Å²) in [7, 11) is 6.71. The van der Waals surface area contributed by atoms with Gasteiger partial charge < -0.3 is 24.3 Å². The lowest BCUT2D eigenvalue weighted by Gasteiger charge is -2.39. The fourth-order valence-corrected chi connectivity index (χ4v) is 4.08. The first kappa shape index (κ1) is 16.1. The van der Waals surface area contributed by atoms with Crippen LogP contribution in [-0.2, 0) is 12.8 Å². The lowest BCUT2D eigenvalue weighted by Crippen LogP contribution is -2.39. The first-order valence-corrected chi connectivity index (χ1v) is 8.44. The van der Waals surface area contributed by atoms with Crippen molar-refractivity contribution >= 4 is 0 Å². The molecule has 2 aromatic carbocycles. The molecule has 0 spiro atoms. The highest BCUT2D eigenvalue weighted by Gasteiger charge is 2.35. The Kier molecular flexibility index (Phi) is 3.96. The Morgan fingerprint density at radius 2 is 1.00 bits per heavy atom. The average molecular weight is 341 g/mol. The van der Waals surface area contributed by atoms with Crippen LogP contribution in [0.3, 0.4) is 0 Å². The van der Waals surface area contributed by atoms with Crippen molar-refractivity contribution in [2.75, 3.05) is 28.4 Å². The summed E-state index contributed by atoms with van der Waals surface area (Å²) in [4.78, 5) is 0. The van der Waals surface area contributed by atoms with Crippen molar-refractivity contribution in [1.82, 2.24) is 5.32 Å². The summed E-state index contributed by atoms with van der Waals surface area (Å²) in [5.41, 5.74) is 5.20. The standard InChI is InChI=1S/C20H23NO4/c1-22-17-7-11-5-15-14-10-20(25-4)18(23-2)8-12(14)6-16(21-15)13(11)9-19(17)24-3/h7-10,15-16,21H,5-6H2,1-4H3/t15-,16+. The van der Waals surface area contributed by atoms with Gasteiger partial charge in [0.1, 0.15) is 0 Å². The predicted octanol–water partition coefficient (Wildman–Crippen LogP) is 3.21. The van der Waals surface area contributed by atoms with Crippen LogP contribution in [0.2, 0.25) is 0 Å². The number of hydrogen-bond donors (Lipinski definition) is 1. The van der Waals surface area contributed by atoms with Crippen molar-refractivity contribution in [3.63, 3.8) is 0 Å². The molecule has 2 atom stereocenters. The molecule has 4 rings (SSSR count). The first-order valence-electron chi connectivity index (χ1n) is 8.44. The highest BCUT2D eigenvalue weighted by molar-refractivity contribution is 5.55. The molecule has 2 aliphatic heterocycles. The smallest absolute Gasteiger partial charge is 0.161 e. The van der Waals surface area contributed by atoms with Gasteiger partial charge in [-0.1, -0.05) is 0 Å². The van der Waals surface area contributed by atoms with E-state index in [1.54, 1.807) is 28.4 Å². The van der Waals surface area contributed by atoms with E-state index in [0.29, 0.717) is 0 Å². The minimum Gasteiger partial charge on any atom is -0.493 e. The van der Waals surface area contributed by atoms with E-state index in [2.05, 4.69) is 29.6 Å². The van der Waals surface area contributed by atoms with E-state index in [9.17, 15) is 0 Å². The first-order chi connectivity index (χ1) is 12.2. The van der Waals surface area contributed by atoms with E-state index in [0.717, 1.165) is 35.8 Å². The van der Waals surface area contributed by atoms with Gasteiger partial charge in [-0.2, -0.15) is 0 Å². The second-order valence-electron chi connectivity index (χ2n) is 6.49. The summed E-state index contributed by atoms with van der Waals surface area (Å²) in [5, 5.41) is 3.75. The molecule has 0 aromatic heterocycles. The number of rotatable bonds is 4. The minimum absolute atomic E-state index is 0.263.